The van der Waals surface area contributed by atoms with Crippen LogP contribution in [0.4, 0.5) is 0 Å². The smallest absolute Gasteiger partial charge is 0.308 e. The first-order valence-electron chi connectivity index (χ1n) is 6.22. The van der Waals surface area contributed by atoms with Gasteiger partial charge in [0.2, 0.25) is 0 Å². The molecular formula is C15H18O2S. The fourth-order valence-corrected chi connectivity index (χ4v) is 3.18. The van der Waals surface area contributed by atoms with E-state index in [4.69, 9.17) is 4.74 Å². The predicted molar refractivity (Wildman–Crippen MR) is 74.5 cm³/mol. The Balaban J connectivity index is 1.85. The normalized spacial score (nSPS) is 22.7. The Morgan fingerprint density at radius 3 is 2.89 bits per heavy atom. The van der Waals surface area contributed by atoms with E-state index < -0.39 is 0 Å². The van der Waals surface area contributed by atoms with Gasteiger partial charge in [0.1, 0.15) is 0 Å². The lowest BCUT2D eigenvalue weighted by molar-refractivity contribution is -0.145. The zero-order valence-electron chi connectivity index (χ0n) is 10.5. The maximum absolute atomic E-state index is 11.5. The standard InChI is InChI=1S/C15H18O2S/c1-17-15(16)13-7-5-6-12(10-13)11-18-14-8-3-2-4-9-14/h2-6,8-9,12-13H,7,10-11H2,1H3. The number of thioether (sulfide) groups is 1. The number of carbonyl (C=O) groups excluding carboxylic acids is 1. The van der Waals surface area contributed by atoms with E-state index in [0.29, 0.717) is 5.92 Å². The molecular weight excluding hydrogens is 244 g/mol. The van der Waals surface area contributed by atoms with Gasteiger partial charge in [-0.2, -0.15) is 0 Å². The van der Waals surface area contributed by atoms with Crippen LogP contribution in [0.25, 0.3) is 0 Å². The summed E-state index contributed by atoms with van der Waals surface area (Å²) < 4.78 is 4.82. The first kappa shape index (κ1) is 13.2. The third-order valence-electron chi connectivity index (χ3n) is 3.16. The summed E-state index contributed by atoms with van der Waals surface area (Å²) in [6, 6.07) is 10.4. The maximum atomic E-state index is 11.5. The second-order valence-electron chi connectivity index (χ2n) is 4.50. The van der Waals surface area contributed by atoms with E-state index >= 15 is 0 Å². The quantitative estimate of drug-likeness (QED) is 0.472. The first-order chi connectivity index (χ1) is 8.79. The predicted octanol–water partition coefficient (Wildman–Crippen LogP) is 3.53. The number of carbonyl (C=O) groups is 1. The highest BCUT2D eigenvalue weighted by atomic mass is 32.2. The lowest BCUT2D eigenvalue weighted by Gasteiger charge is -2.22. The minimum Gasteiger partial charge on any atom is -0.469 e. The highest BCUT2D eigenvalue weighted by Crippen LogP contribution is 2.29. The van der Waals surface area contributed by atoms with Crippen molar-refractivity contribution < 1.29 is 9.53 Å². The van der Waals surface area contributed by atoms with Crippen LogP contribution in [0.2, 0.25) is 0 Å². The molecule has 2 atom stereocenters. The van der Waals surface area contributed by atoms with Crippen LogP contribution in [0, 0.1) is 11.8 Å². The Morgan fingerprint density at radius 1 is 1.39 bits per heavy atom. The van der Waals surface area contributed by atoms with Crippen molar-refractivity contribution in [2.75, 3.05) is 12.9 Å². The maximum Gasteiger partial charge on any atom is 0.308 e. The molecule has 96 valence electrons. The van der Waals surface area contributed by atoms with Crippen LogP contribution in [0.5, 0.6) is 0 Å². The minimum absolute atomic E-state index is 0.0429. The number of allylic oxidation sites excluding steroid dienone is 2. The molecule has 0 bridgehead atoms. The van der Waals surface area contributed by atoms with Gasteiger partial charge in [-0.05, 0) is 30.9 Å². The Labute approximate surface area is 112 Å². The summed E-state index contributed by atoms with van der Waals surface area (Å²) >= 11 is 1.84. The van der Waals surface area contributed by atoms with Crippen LogP contribution in [-0.2, 0) is 9.53 Å². The Kier molecular flexibility index (Phi) is 4.88. The largest absolute Gasteiger partial charge is 0.469 e. The molecule has 0 radical (unpaired) electrons. The van der Waals surface area contributed by atoms with Crippen molar-refractivity contribution in [2.45, 2.75) is 17.7 Å². The molecule has 0 heterocycles. The van der Waals surface area contributed by atoms with E-state index in [1.165, 1.54) is 12.0 Å². The van der Waals surface area contributed by atoms with Gasteiger partial charge >= 0.3 is 5.97 Å². The molecule has 0 aromatic heterocycles. The van der Waals surface area contributed by atoms with E-state index in [0.717, 1.165) is 18.6 Å². The Bertz CT molecular complexity index is 414. The van der Waals surface area contributed by atoms with Gasteiger partial charge in [-0.15, -0.1) is 11.8 Å². The van der Waals surface area contributed by atoms with E-state index in [1.807, 2.05) is 17.8 Å². The molecule has 0 spiro atoms. The van der Waals surface area contributed by atoms with Gasteiger partial charge in [0, 0.05) is 10.6 Å². The van der Waals surface area contributed by atoms with Gasteiger partial charge in [-0.1, -0.05) is 30.4 Å². The molecule has 2 rings (SSSR count). The van der Waals surface area contributed by atoms with Crippen LogP contribution in [-0.4, -0.2) is 18.8 Å². The zero-order chi connectivity index (χ0) is 12.8. The molecule has 0 saturated heterocycles. The van der Waals surface area contributed by atoms with Crippen molar-refractivity contribution in [1.82, 2.24) is 0 Å². The summed E-state index contributed by atoms with van der Waals surface area (Å²) in [7, 11) is 1.47. The van der Waals surface area contributed by atoms with Crippen molar-refractivity contribution in [3.05, 3.63) is 42.5 Å². The molecule has 2 nitrogen and oxygen atoms in total. The molecule has 1 aliphatic carbocycles. The molecule has 0 N–H and O–H groups in total. The van der Waals surface area contributed by atoms with E-state index in [9.17, 15) is 4.79 Å². The average molecular weight is 262 g/mol. The van der Waals surface area contributed by atoms with Gasteiger partial charge in [-0.25, -0.2) is 0 Å². The molecule has 18 heavy (non-hydrogen) atoms. The van der Waals surface area contributed by atoms with Crippen LogP contribution in [0.1, 0.15) is 12.8 Å². The molecule has 2 unspecified atom stereocenters. The van der Waals surface area contributed by atoms with Gasteiger partial charge in [-0.3, -0.25) is 4.79 Å². The summed E-state index contributed by atoms with van der Waals surface area (Å²) in [5, 5.41) is 0. The van der Waals surface area contributed by atoms with Crippen molar-refractivity contribution >= 4 is 17.7 Å². The van der Waals surface area contributed by atoms with Crippen molar-refractivity contribution in [1.29, 1.82) is 0 Å². The Hall–Kier alpha value is -1.22. The molecule has 0 fully saturated rings. The lowest BCUT2D eigenvalue weighted by atomic mass is 9.88. The minimum atomic E-state index is -0.0749. The summed E-state index contributed by atoms with van der Waals surface area (Å²) in [6.45, 7) is 0. The van der Waals surface area contributed by atoms with Crippen molar-refractivity contribution in [3.8, 4) is 0 Å². The number of benzene rings is 1. The molecule has 1 aromatic carbocycles. The topological polar surface area (TPSA) is 26.3 Å². The molecule has 0 saturated carbocycles. The molecule has 1 aromatic rings. The third kappa shape index (κ3) is 3.64. The summed E-state index contributed by atoms with van der Waals surface area (Å²) in [5.74, 6) is 1.46. The van der Waals surface area contributed by atoms with Crippen molar-refractivity contribution in [2.24, 2.45) is 11.8 Å². The summed E-state index contributed by atoms with van der Waals surface area (Å²) in [6.07, 6.45) is 6.07. The fourth-order valence-electron chi connectivity index (χ4n) is 2.18. The second-order valence-corrected chi connectivity index (χ2v) is 5.60. The molecule has 0 aliphatic heterocycles. The number of methoxy groups -OCH3 is 1. The fraction of sp³-hybridized carbons (Fsp3) is 0.400. The van der Waals surface area contributed by atoms with Crippen LogP contribution in [0.3, 0.4) is 0 Å². The van der Waals surface area contributed by atoms with Gasteiger partial charge in [0.25, 0.3) is 0 Å². The van der Waals surface area contributed by atoms with E-state index in [2.05, 4.69) is 36.4 Å². The number of esters is 1. The summed E-state index contributed by atoms with van der Waals surface area (Å²) in [5.41, 5.74) is 0. The highest BCUT2D eigenvalue weighted by Gasteiger charge is 2.24. The number of hydrogen-bond acceptors (Lipinski definition) is 3. The monoisotopic (exact) mass is 262 g/mol. The SMILES string of the molecule is COC(=O)C1CC=CC(CSc2ccccc2)C1. The van der Waals surface area contributed by atoms with Crippen LogP contribution >= 0.6 is 11.8 Å². The number of rotatable bonds is 4. The summed E-state index contributed by atoms with van der Waals surface area (Å²) in [4.78, 5) is 12.8. The third-order valence-corrected chi connectivity index (χ3v) is 4.36. The van der Waals surface area contributed by atoms with Crippen molar-refractivity contribution in [3.63, 3.8) is 0 Å². The average Bonchev–Trinajstić information content (AvgIpc) is 2.45. The first-order valence-corrected chi connectivity index (χ1v) is 7.20. The van der Waals surface area contributed by atoms with Gasteiger partial charge < -0.3 is 4.74 Å². The molecule has 3 heteroatoms. The number of hydrogen-bond donors (Lipinski definition) is 0. The lowest BCUT2D eigenvalue weighted by Crippen LogP contribution is -2.22. The highest BCUT2D eigenvalue weighted by molar-refractivity contribution is 7.99. The van der Waals surface area contributed by atoms with Gasteiger partial charge in [0.05, 0.1) is 13.0 Å². The second kappa shape index (κ2) is 6.64. The Morgan fingerprint density at radius 2 is 2.17 bits per heavy atom. The van der Waals surface area contributed by atoms with Crippen LogP contribution in [0.15, 0.2) is 47.4 Å². The van der Waals surface area contributed by atoms with E-state index in [-0.39, 0.29) is 11.9 Å². The van der Waals surface area contributed by atoms with Crippen LogP contribution < -0.4 is 0 Å². The zero-order valence-corrected chi connectivity index (χ0v) is 11.4. The van der Waals surface area contributed by atoms with Gasteiger partial charge in [0.15, 0.2) is 0 Å². The molecule has 0 amide bonds. The molecule has 1 aliphatic rings. The van der Waals surface area contributed by atoms with E-state index in [1.54, 1.807) is 0 Å². The number of ether oxygens (including phenoxy) is 1.